The van der Waals surface area contributed by atoms with Gasteiger partial charge in [0.15, 0.2) is 17.3 Å². The van der Waals surface area contributed by atoms with Crippen LogP contribution in [0.4, 0.5) is 24.8 Å². The Morgan fingerprint density at radius 3 is 2.66 bits per heavy atom. The summed E-state index contributed by atoms with van der Waals surface area (Å²) in [7, 11) is 3.93. The van der Waals surface area contributed by atoms with E-state index in [9.17, 15) is 13.2 Å². The van der Waals surface area contributed by atoms with Crippen LogP contribution in [0.2, 0.25) is 0 Å². The molecule has 0 fully saturated rings. The average Bonchev–Trinajstić information content (AvgIpc) is 3.16. The number of pyridine rings is 1. The molecule has 0 radical (unpaired) electrons. The van der Waals surface area contributed by atoms with Crippen molar-refractivity contribution in [2.45, 2.75) is 19.0 Å². The molecule has 0 unspecified atom stereocenters. The first-order valence-electron chi connectivity index (χ1n) is 10.1. The van der Waals surface area contributed by atoms with Crippen LogP contribution in [0.5, 0.6) is 0 Å². The highest BCUT2D eigenvalue weighted by molar-refractivity contribution is 5.88. The van der Waals surface area contributed by atoms with E-state index in [1.165, 1.54) is 12.1 Å². The van der Waals surface area contributed by atoms with Gasteiger partial charge in [-0.2, -0.15) is 18.3 Å². The van der Waals surface area contributed by atoms with Crippen molar-refractivity contribution in [2.75, 3.05) is 26.0 Å². The SMILES string of the molecule is CN(C)CCCc1cc(Nc2n[nH]c3ncccc23)nc(-c2ccccc2C(F)(F)F)n1. The zero-order valence-corrected chi connectivity index (χ0v) is 17.6. The number of hydrogen-bond donors (Lipinski definition) is 2. The van der Waals surface area contributed by atoms with Crippen molar-refractivity contribution in [1.29, 1.82) is 0 Å². The molecule has 7 nitrogen and oxygen atoms in total. The third-order valence-corrected chi connectivity index (χ3v) is 4.87. The molecule has 10 heteroatoms. The zero-order chi connectivity index (χ0) is 22.7. The van der Waals surface area contributed by atoms with Gasteiger partial charge in [0.2, 0.25) is 0 Å². The van der Waals surface area contributed by atoms with E-state index >= 15 is 0 Å². The van der Waals surface area contributed by atoms with Crippen LogP contribution < -0.4 is 5.32 Å². The Morgan fingerprint density at radius 1 is 1.06 bits per heavy atom. The fourth-order valence-electron chi connectivity index (χ4n) is 3.38. The van der Waals surface area contributed by atoms with Gasteiger partial charge in [0.25, 0.3) is 0 Å². The minimum atomic E-state index is -4.52. The Morgan fingerprint density at radius 2 is 1.88 bits per heavy atom. The first kappa shape index (κ1) is 21.7. The first-order chi connectivity index (χ1) is 15.3. The maximum Gasteiger partial charge on any atom is 0.417 e. The third-order valence-electron chi connectivity index (χ3n) is 4.87. The monoisotopic (exact) mass is 441 g/mol. The van der Waals surface area contributed by atoms with Gasteiger partial charge in [-0.3, -0.25) is 5.10 Å². The minimum absolute atomic E-state index is 0.0146. The maximum atomic E-state index is 13.6. The Bertz CT molecular complexity index is 1220. The summed E-state index contributed by atoms with van der Waals surface area (Å²) in [6.07, 6.45) is -1.47. The topological polar surface area (TPSA) is 82.6 Å². The van der Waals surface area contributed by atoms with Gasteiger partial charge in [0, 0.05) is 23.5 Å². The molecule has 0 saturated heterocycles. The number of H-pyrrole nitrogens is 1. The van der Waals surface area contributed by atoms with Crippen LogP contribution in [0.25, 0.3) is 22.4 Å². The van der Waals surface area contributed by atoms with Crippen molar-refractivity contribution < 1.29 is 13.2 Å². The molecule has 0 amide bonds. The van der Waals surface area contributed by atoms with Crippen LogP contribution in [0.1, 0.15) is 17.7 Å². The lowest BCUT2D eigenvalue weighted by atomic mass is 10.1. The van der Waals surface area contributed by atoms with Crippen molar-refractivity contribution >= 4 is 22.7 Å². The Hall–Kier alpha value is -3.53. The smallest absolute Gasteiger partial charge is 0.323 e. The Kier molecular flexibility index (Phi) is 6.04. The summed E-state index contributed by atoms with van der Waals surface area (Å²) >= 11 is 0. The molecule has 166 valence electrons. The highest BCUT2D eigenvalue weighted by Gasteiger charge is 2.34. The first-order valence-corrected chi connectivity index (χ1v) is 10.1. The molecular weight excluding hydrogens is 419 g/mol. The number of rotatable bonds is 7. The largest absolute Gasteiger partial charge is 0.417 e. The molecule has 3 aromatic heterocycles. The van der Waals surface area contributed by atoms with Gasteiger partial charge in [0.1, 0.15) is 5.82 Å². The highest BCUT2D eigenvalue weighted by atomic mass is 19.4. The molecule has 0 saturated carbocycles. The summed E-state index contributed by atoms with van der Waals surface area (Å²) < 4.78 is 40.8. The second-order valence-electron chi connectivity index (χ2n) is 7.62. The molecule has 32 heavy (non-hydrogen) atoms. The fraction of sp³-hybridized carbons (Fsp3) is 0.273. The predicted octanol–water partition coefficient (Wildman–Crippen LogP) is 4.67. The van der Waals surface area contributed by atoms with Crippen LogP contribution in [0.15, 0.2) is 48.7 Å². The Labute approximate surface area is 182 Å². The molecule has 0 spiro atoms. The van der Waals surface area contributed by atoms with E-state index in [2.05, 4.69) is 30.5 Å². The van der Waals surface area contributed by atoms with E-state index in [4.69, 9.17) is 0 Å². The highest BCUT2D eigenvalue weighted by Crippen LogP contribution is 2.36. The molecule has 4 rings (SSSR count). The lowest BCUT2D eigenvalue weighted by Crippen LogP contribution is -2.14. The molecule has 2 N–H and O–H groups in total. The average molecular weight is 441 g/mol. The van der Waals surface area contributed by atoms with Gasteiger partial charge in [-0.15, -0.1) is 0 Å². The maximum absolute atomic E-state index is 13.6. The van der Waals surface area contributed by atoms with Crippen molar-refractivity contribution in [1.82, 2.24) is 30.0 Å². The fourth-order valence-corrected chi connectivity index (χ4v) is 3.38. The number of aromatic amines is 1. The summed E-state index contributed by atoms with van der Waals surface area (Å²) in [6.45, 7) is 0.830. The van der Waals surface area contributed by atoms with Crippen LogP contribution >= 0.6 is 0 Å². The molecule has 0 aliphatic rings. The second-order valence-corrected chi connectivity index (χ2v) is 7.62. The van der Waals surface area contributed by atoms with Crippen molar-refractivity contribution in [3.8, 4) is 11.4 Å². The number of fused-ring (bicyclic) bond motifs is 1. The second kappa shape index (κ2) is 8.91. The van der Waals surface area contributed by atoms with Gasteiger partial charge >= 0.3 is 6.18 Å². The molecule has 3 heterocycles. The van der Waals surface area contributed by atoms with E-state index in [0.29, 0.717) is 29.4 Å². The quantitative estimate of drug-likeness (QED) is 0.434. The van der Waals surface area contributed by atoms with Gasteiger partial charge in [-0.05, 0) is 51.7 Å². The number of benzene rings is 1. The standard InChI is InChI=1S/C22H22F3N7/c1-32(2)12-6-7-14-13-18(29-21-16-9-5-11-26-19(16)30-31-21)28-20(27-14)15-8-3-4-10-17(15)22(23,24)25/h3-5,8-11,13H,6-7,12H2,1-2H3,(H2,26,27,28,29,30,31). The lowest BCUT2D eigenvalue weighted by molar-refractivity contribution is -0.137. The van der Waals surface area contributed by atoms with Crippen LogP contribution in [0, 0.1) is 0 Å². The van der Waals surface area contributed by atoms with Crippen molar-refractivity contribution in [2.24, 2.45) is 0 Å². The van der Waals surface area contributed by atoms with Crippen LogP contribution in [0.3, 0.4) is 0 Å². The molecule has 0 aliphatic heterocycles. The number of hydrogen-bond acceptors (Lipinski definition) is 6. The number of aromatic nitrogens is 5. The molecule has 4 aromatic rings. The molecule has 0 aliphatic carbocycles. The number of nitrogens with one attached hydrogen (secondary N) is 2. The van der Waals surface area contributed by atoms with Crippen molar-refractivity contribution in [3.63, 3.8) is 0 Å². The predicted molar refractivity (Wildman–Crippen MR) is 117 cm³/mol. The Balaban J connectivity index is 1.75. The number of nitrogens with zero attached hydrogens (tertiary/aromatic N) is 5. The van der Waals surface area contributed by atoms with E-state index < -0.39 is 11.7 Å². The van der Waals surface area contributed by atoms with E-state index in [-0.39, 0.29) is 11.4 Å². The lowest BCUT2D eigenvalue weighted by Gasteiger charge is -2.14. The zero-order valence-electron chi connectivity index (χ0n) is 17.6. The third kappa shape index (κ3) is 4.86. The van der Waals surface area contributed by atoms with Gasteiger partial charge in [-0.25, -0.2) is 15.0 Å². The number of alkyl halides is 3. The molecule has 1 aromatic carbocycles. The minimum Gasteiger partial charge on any atom is -0.323 e. The van der Waals surface area contributed by atoms with Gasteiger partial charge in [-0.1, -0.05) is 18.2 Å². The number of anilines is 2. The number of aryl methyl sites for hydroxylation is 1. The number of halogens is 3. The molecule has 0 atom stereocenters. The molecule has 0 bridgehead atoms. The van der Waals surface area contributed by atoms with Crippen molar-refractivity contribution in [3.05, 3.63) is 59.9 Å². The summed E-state index contributed by atoms with van der Waals surface area (Å²) in [4.78, 5) is 15.1. The van der Waals surface area contributed by atoms with Crippen LogP contribution in [-0.4, -0.2) is 50.7 Å². The van der Waals surface area contributed by atoms with E-state index in [0.717, 1.165) is 24.4 Å². The van der Waals surface area contributed by atoms with Crippen LogP contribution in [-0.2, 0) is 12.6 Å². The molecular formula is C22H22F3N7. The summed E-state index contributed by atoms with van der Waals surface area (Å²) in [5.74, 6) is 0.867. The normalized spacial score (nSPS) is 11.9. The summed E-state index contributed by atoms with van der Waals surface area (Å²) in [5.41, 5.74) is 0.407. The van der Waals surface area contributed by atoms with Gasteiger partial charge in [0.05, 0.1) is 10.9 Å². The van der Waals surface area contributed by atoms with E-state index in [1.54, 1.807) is 24.4 Å². The summed E-state index contributed by atoms with van der Waals surface area (Å²) in [5, 5.41) is 10.9. The van der Waals surface area contributed by atoms with E-state index in [1.807, 2.05) is 25.1 Å². The van der Waals surface area contributed by atoms with Gasteiger partial charge < -0.3 is 10.2 Å². The summed E-state index contributed by atoms with van der Waals surface area (Å²) in [6, 6.07) is 10.7.